The fourth-order valence-electron chi connectivity index (χ4n) is 2.89. The van der Waals surface area contributed by atoms with Crippen molar-refractivity contribution in [3.05, 3.63) is 51.2 Å². The van der Waals surface area contributed by atoms with Gasteiger partial charge in [0.2, 0.25) is 5.76 Å². The van der Waals surface area contributed by atoms with E-state index in [0.717, 1.165) is 19.6 Å². The molecule has 1 heterocycles. The molecule has 0 bridgehead atoms. The van der Waals surface area contributed by atoms with Gasteiger partial charge in [0.25, 0.3) is 5.69 Å². The molecule has 2 rings (SSSR count). The fraction of sp³-hybridized carbons (Fsp3) is 0.450. The van der Waals surface area contributed by atoms with Gasteiger partial charge in [0.1, 0.15) is 5.76 Å². The van der Waals surface area contributed by atoms with Crippen LogP contribution < -0.4 is 0 Å². The summed E-state index contributed by atoms with van der Waals surface area (Å²) in [6, 6.07) is 7.22. The Morgan fingerprint density at radius 2 is 1.90 bits per heavy atom. The van der Waals surface area contributed by atoms with Crippen LogP contribution in [0.1, 0.15) is 38.2 Å². The molecule has 0 fully saturated rings. The molecule has 0 aliphatic rings. The number of esters is 1. The zero-order chi connectivity index (χ0) is 20.9. The lowest BCUT2D eigenvalue weighted by molar-refractivity contribution is -0.384. The van der Waals surface area contributed by atoms with E-state index < -0.39 is 10.9 Å². The molecule has 0 aliphatic heterocycles. The molecule has 9 heteroatoms. The van der Waals surface area contributed by atoms with E-state index in [1.807, 2.05) is 13.8 Å². The fourth-order valence-corrected chi connectivity index (χ4v) is 3.05. The van der Waals surface area contributed by atoms with E-state index in [1.165, 1.54) is 30.3 Å². The van der Waals surface area contributed by atoms with E-state index >= 15 is 0 Å². The molecule has 7 nitrogen and oxygen atoms in total. The Morgan fingerprint density at radius 3 is 2.48 bits per heavy atom. The maximum atomic E-state index is 12.3. The summed E-state index contributed by atoms with van der Waals surface area (Å²) in [5.41, 5.74) is -0.163. The molecule has 0 N–H and O–H groups in total. The average molecular weight is 445 g/mol. The van der Waals surface area contributed by atoms with Gasteiger partial charge in [-0.15, -0.1) is 12.4 Å². The number of nitro groups is 1. The normalized spacial score (nSPS) is 11.2. The quantitative estimate of drug-likeness (QED) is 0.290. The number of hydrogen-bond acceptors (Lipinski definition) is 6. The van der Waals surface area contributed by atoms with Crippen molar-refractivity contribution in [3.63, 3.8) is 0 Å². The van der Waals surface area contributed by atoms with Gasteiger partial charge in [-0.2, -0.15) is 0 Å². The third kappa shape index (κ3) is 6.73. The first-order valence-corrected chi connectivity index (χ1v) is 9.48. The van der Waals surface area contributed by atoms with Crippen molar-refractivity contribution in [1.82, 2.24) is 4.90 Å². The van der Waals surface area contributed by atoms with Crippen molar-refractivity contribution in [2.75, 3.05) is 26.2 Å². The van der Waals surface area contributed by atoms with E-state index in [0.29, 0.717) is 0 Å². The molecule has 0 atom stereocenters. The SMILES string of the molecule is CCN(CC)CC(C)(C)COC(=O)c1ccc(-c2ccc(Cl)cc2[N+](=O)[O-])o1.Cl. The molecule has 2 aromatic rings. The summed E-state index contributed by atoms with van der Waals surface area (Å²) in [5, 5.41) is 11.5. The standard InChI is InChI=1S/C20H25ClN2O5.ClH/c1-5-22(6-2)12-20(3,4)13-27-19(24)18-10-9-17(28-18)15-8-7-14(21)11-16(15)23(25)26;/h7-11H,5-6,12-13H2,1-4H3;1H. The average Bonchev–Trinajstić information content (AvgIpc) is 3.14. The number of nitrogens with zero attached hydrogens (tertiary/aromatic N) is 2. The second-order valence-electron chi connectivity index (χ2n) is 7.28. The maximum Gasteiger partial charge on any atom is 0.374 e. The van der Waals surface area contributed by atoms with Crippen LogP contribution in [0.15, 0.2) is 34.7 Å². The molecular weight excluding hydrogens is 419 g/mol. The van der Waals surface area contributed by atoms with Gasteiger partial charge in [0, 0.05) is 23.0 Å². The smallest absolute Gasteiger partial charge is 0.374 e. The van der Waals surface area contributed by atoms with Gasteiger partial charge in [-0.05, 0) is 37.4 Å². The first-order chi connectivity index (χ1) is 13.2. The molecule has 29 heavy (non-hydrogen) atoms. The molecule has 0 saturated heterocycles. The Hall–Kier alpha value is -2.09. The summed E-state index contributed by atoms with van der Waals surface area (Å²) in [6.07, 6.45) is 0. The summed E-state index contributed by atoms with van der Waals surface area (Å²) >= 11 is 5.83. The number of benzene rings is 1. The summed E-state index contributed by atoms with van der Waals surface area (Å²) < 4.78 is 10.9. The predicted octanol–water partition coefficient (Wildman–Crippen LogP) is 5.45. The van der Waals surface area contributed by atoms with Crippen LogP contribution in [0.25, 0.3) is 11.3 Å². The maximum absolute atomic E-state index is 12.3. The number of nitro benzene ring substituents is 1. The predicted molar refractivity (Wildman–Crippen MR) is 115 cm³/mol. The minimum absolute atomic E-state index is 0. The summed E-state index contributed by atoms with van der Waals surface area (Å²) in [6.45, 7) is 11.1. The topological polar surface area (TPSA) is 85.8 Å². The van der Waals surface area contributed by atoms with Gasteiger partial charge < -0.3 is 14.1 Å². The van der Waals surface area contributed by atoms with Crippen LogP contribution >= 0.6 is 24.0 Å². The molecule has 0 aliphatic carbocycles. The molecule has 160 valence electrons. The largest absolute Gasteiger partial charge is 0.459 e. The summed E-state index contributed by atoms with van der Waals surface area (Å²) in [4.78, 5) is 25.3. The van der Waals surface area contributed by atoms with Crippen LogP contribution in [-0.4, -0.2) is 42.0 Å². The van der Waals surface area contributed by atoms with E-state index in [4.69, 9.17) is 20.8 Å². The summed E-state index contributed by atoms with van der Waals surface area (Å²) in [7, 11) is 0. The van der Waals surface area contributed by atoms with Gasteiger partial charge in [-0.1, -0.05) is 39.3 Å². The second kappa shape index (κ2) is 10.6. The number of halogens is 2. The van der Waals surface area contributed by atoms with Crippen molar-refractivity contribution in [2.24, 2.45) is 5.41 Å². The summed E-state index contributed by atoms with van der Waals surface area (Å²) in [5.74, 6) is -0.397. The lowest BCUT2D eigenvalue weighted by Crippen LogP contribution is -2.37. The molecule has 0 saturated carbocycles. The highest BCUT2D eigenvalue weighted by molar-refractivity contribution is 6.30. The van der Waals surface area contributed by atoms with Crippen molar-refractivity contribution in [1.29, 1.82) is 0 Å². The Morgan fingerprint density at radius 1 is 1.24 bits per heavy atom. The van der Waals surface area contributed by atoms with E-state index in [1.54, 1.807) is 0 Å². The lowest BCUT2D eigenvalue weighted by atomic mass is 9.94. The molecule has 0 spiro atoms. The second-order valence-corrected chi connectivity index (χ2v) is 7.72. The van der Waals surface area contributed by atoms with Gasteiger partial charge in [-0.25, -0.2) is 4.79 Å². The number of rotatable bonds is 9. The number of hydrogen-bond donors (Lipinski definition) is 0. The highest BCUT2D eigenvalue weighted by Crippen LogP contribution is 2.33. The van der Waals surface area contributed by atoms with Crippen molar-refractivity contribution in [3.8, 4) is 11.3 Å². The van der Waals surface area contributed by atoms with Gasteiger partial charge in [0.05, 0.1) is 17.1 Å². The Labute approximate surface area is 181 Å². The Bertz CT molecular complexity index is 847. The van der Waals surface area contributed by atoms with Crippen molar-refractivity contribution < 1.29 is 18.9 Å². The van der Waals surface area contributed by atoms with Crippen LogP contribution in [0.3, 0.4) is 0 Å². The van der Waals surface area contributed by atoms with E-state index in [-0.39, 0.29) is 52.2 Å². The van der Waals surface area contributed by atoms with E-state index in [2.05, 4.69) is 18.7 Å². The minimum atomic E-state index is -0.601. The zero-order valence-electron chi connectivity index (χ0n) is 16.9. The lowest BCUT2D eigenvalue weighted by Gasteiger charge is -2.30. The third-order valence-corrected chi connectivity index (χ3v) is 4.60. The van der Waals surface area contributed by atoms with Crippen LogP contribution in [0.5, 0.6) is 0 Å². The zero-order valence-corrected chi connectivity index (χ0v) is 18.5. The van der Waals surface area contributed by atoms with Gasteiger partial charge in [-0.3, -0.25) is 10.1 Å². The first-order valence-electron chi connectivity index (χ1n) is 9.10. The number of ether oxygens (including phenoxy) is 1. The van der Waals surface area contributed by atoms with Crippen LogP contribution in [0, 0.1) is 15.5 Å². The highest BCUT2D eigenvalue weighted by atomic mass is 35.5. The molecule has 1 aromatic heterocycles. The van der Waals surface area contributed by atoms with Gasteiger partial charge >= 0.3 is 5.97 Å². The number of carbonyl (C=O) groups excluding carboxylic acids is 1. The molecule has 0 amide bonds. The van der Waals surface area contributed by atoms with Crippen molar-refractivity contribution >= 4 is 35.7 Å². The minimum Gasteiger partial charge on any atom is -0.459 e. The van der Waals surface area contributed by atoms with Crippen molar-refractivity contribution in [2.45, 2.75) is 27.7 Å². The number of furan rings is 1. The highest BCUT2D eigenvalue weighted by Gasteiger charge is 2.25. The third-order valence-electron chi connectivity index (χ3n) is 4.37. The molecule has 0 radical (unpaired) electrons. The van der Waals surface area contributed by atoms with Gasteiger partial charge in [0.15, 0.2) is 0 Å². The Balaban J connectivity index is 0.00000420. The Kier molecular flexibility index (Phi) is 9.14. The van der Waals surface area contributed by atoms with E-state index in [9.17, 15) is 14.9 Å². The molecular formula is C20H26Cl2N2O5. The molecule has 1 aromatic carbocycles. The van der Waals surface area contributed by atoms with Crippen LogP contribution in [-0.2, 0) is 4.74 Å². The monoisotopic (exact) mass is 444 g/mol. The first kappa shape index (κ1) is 24.9. The molecule has 0 unspecified atom stereocenters. The van der Waals surface area contributed by atoms with Crippen LogP contribution in [0.4, 0.5) is 5.69 Å². The van der Waals surface area contributed by atoms with Crippen LogP contribution in [0.2, 0.25) is 5.02 Å². The number of carbonyl (C=O) groups is 1.